The highest BCUT2D eigenvalue weighted by molar-refractivity contribution is 7.84. The number of nitrogens with one attached hydrogen (secondary N) is 1. The van der Waals surface area contributed by atoms with E-state index in [-0.39, 0.29) is 6.04 Å². The average Bonchev–Trinajstić information content (AvgIpc) is 2.28. The summed E-state index contributed by atoms with van der Waals surface area (Å²) in [4.78, 5) is 11.3. The highest BCUT2D eigenvalue weighted by atomic mass is 32.2. The lowest BCUT2D eigenvalue weighted by molar-refractivity contribution is 0.100. The zero-order chi connectivity index (χ0) is 13.7. The number of benzene rings is 1. The molecule has 0 aliphatic carbocycles. The van der Waals surface area contributed by atoms with E-state index in [2.05, 4.69) is 5.32 Å². The third-order valence-corrected chi connectivity index (χ3v) is 3.36. The van der Waals surface area contributed by atoms with Crippen molar-refractivity contribution < 1.29 is 9.00 Å². The number of amides is 1. The first-order valence-corrected chi connectivity index (χ1v) is 7.38. The van der Waals surface area contributed by atoms with Gasteiger partial charge >= 0.3 is 0 Å². The monoisotopic (exact) mass is 269 g/mol. The molecule has 1 rings (SSSR count). The largest absolute Gasteiger partial charge is 0.399 e. The van der Waals surface area contributed by atoms with Crippen molar-refractivity contribution in [1.29, 1.82) is 0 Å². The summed E-state index contributed by atoms with van der Waals surface area (Å²) in [5.41, 5.74) is 12.4. The Balaban J connectivity index is 2.77. The van der Waals surface area contributed by atoms with E-state index >= 15 is 0 Å². The minimum Gasteiger partial charge on any atom is -0.399 e. The molecule has 0 saturated carbocycles. The second-order valence-corrected chi connectivity index (χ2v) is 5.84. The summed E-state index contributed by atoms with van der Waals surface area (Å²) in [6, 6.07) is 5.10. The van der Waals surface area contributed by atoms with Gasteiger partial charge in [-0.2, -0.15) is 0 Å². The van der Waals surface area contributed by atoms with Crippen LogP contribution in [-0.2, 0) is 10.8 Å². The Hall–Kier alpha value is -1.56. The second kappa shape index (κ2) is 6.39. The van der Waals surface area contributed by atoms with Crippen molar-refractivity contribution in [1.82, 2.24) is 0 Å². The van der Waals surface area contributed by atoms with Crippen LogP contribution in [0.5, 0.6) is 0 Å². The van der Waals surface area contributed by atoms with E-state index in [1.807, 2.05) is 6.92 Å². The van der Waals surface area contributed by atoms with Gasteiger partial charge in [0.2, 0.25) is 0 Å². The summed E-state index contributed by atoms with van der Waals surface area (Å²) in [6.07, 6.45) is 2.43. The van der Waals surface area contributed by atoms with Crippen molar-refractivity contribution in [3.05, 3.63) is 23.8 Å². The van der Waals surface area contributed by atoms with Crippen LogP contribution < -0.4 is 16.8 Å². The summed E-state index contributed by atoms with van der Waals surface area (Å²) in [5.74, 6) is 0.103. The van der Waals surface area contributed by atoms with Crippen LogP contribution in [0.3, 0.4) is 0 Å². The first kappa shape index (κ1) is 14.5. The number of carbonyl (C=O) groups is 1. The first-order chi connectivity index (χ1) is 8.40. The highest BCUT2D eigenvalue weighted by Crippen LogP contribution is 2.19. The zero-order valence-corrected chi connectivity index (χ0v) is 11.4. The topological polar surface area (TPSA) is 98.2 Å². The molecule has 1 aromatic rings. The van der Waals surface area contributed by atoms with Crippen molar-refractivity contribution >= 4 is 28.1 Å². The summed E-state index contributed by atoms with van der Waals surface area (Å²) in [5, 5.41) is 3.18. The Kier molecular flexibility index (Phi) is 5.15. The predicted octanol–water partition coefficient (Wildman–Crippen LogP) is 0.937. The van der Waals surface area contributed by atoms with Gasteiger partial charge in [0.15, 0.2) is 0 Å². The van der Waals surface area contributed by atoms with Gasteiger partial charge in [0.05, 0.1) is 5.56 Å². The maximum absolute atomic E-state index is 11.3. The van der Waals surface area contributed by atoms with Gasteiger partial charge in [0.1, 0.15) is 0 Å². The molecule has 0 radical (unpaired) electrons. The van der Waals surface area contributed by atoms with E-state index in [0.717, 1.165) is 6.42 Å². The van der Waals surface area contributed by atoms with E-state index in [1.54, 1.807) is 24.5 Å². The van der Waals surface area contributed by atoms with Crippen molar-refractivity contribution in [3.8, 4) is 0 Å². The minimum absolute atomic E-state index is 0.107. The number of primary amides is 1. The summed E-state index contributed by atoms with van der Waals surface area (Å²) >= 11 is 0. The molecule has 100 valence electrons. The van der Waals surface area contributed by atoms with E-state index in [4.69, 9.17) is 11.5 Å². The lowest BCUT2D eigenvalue weighted by Crippen LogP contribution is -2.21. The number of rotatable bonds is 6. The lowest BCUT2D eigenvalue weighted by atomic mass is 10.1. The maximum Gasteiger partial charge on any atom is 0.250 e. The van der Waals surface area contributed by atoms with E-state index in [1.165, 1.54) is 0 Å². The van der Waals surface area contributed by atoms with Crippen molar-refractivity contribution in [2.24, 2.45) is 5.73 Å². The van der Waals surface area contributed by atoms with E-state index in [9.17, 15) is 9.00 Å². The van der Waals surface area contributed by atoms with E-state index in [0.29, 0.717) is 22.7 Å². The Morgan fingerprint density at radius 3 is 2.72 bits per heavy atom. The van der Waals surface area contributed by atoms with Gasteiger partial charge in [-0.05, 0) is 31.5 Å². The molecule has 5 N–H and O–H groups in total. The SMILES string of the molecule is CC(CCS(C)=O)Nc1ccc(N)cc1C(N)=O. The molecule has 0 aliphatic rings. The Morgan fingerprint density at radius 2 is 2.17 bits per heavy atom. The van der Waals surface area contributed by atoms with E-state index < -0.39 is 16.7 Å². The standard InChI is InChI=1S/C12H19N3O2S/c1-8(5-6-18(2)17)15-11-4-3-9(13)7-10(11)12(14)16/h3-4,7-8,15H,5-6,13H2,1-2H3,(H2,14,16). The van der Waals surface area contributed by atoms with Gasteiger partial charge in [0.25, 0.3) is 5.91 Å². The smallest absolute Gasteiger partial charge is 0.250 e. The molecule has 1 aromatic carbocycles. The molecule has 0 aromatic heterocycles. The fourth-order valence-electron chi connectivity index (χ4n) is 1.57. The summed E-state index contributed by atoms with van der Waals surface area (Å²) < 4.78 is 11.0. The molecule has 0 bridgehead atoms. The average molecular weight is 269 g/mol. The van der Waals surface area contributed by atoms with Crippen LogP contribution in [0.25, 0.3) is 0 Å². The Morgan fingerprint density at radius 1 is 1.50 bits per heavy atom. The molecule has 6 heteroatoms. The number of nitrogen functional groups attached to an aromatic ring is 1. The number of nitrogens with two attached hydrogens (primary N) is 2. The normalized spacial score (nSPS) is 13.9. The lowest BCUT2D eigenvalue weighted by Gasteiger charge is -2.17. The van der Waals surface area contributed by atoms with Crippen molar-refractivity contribution in [2.75, 3.05) is 23.1 Å². The van der Waals surface area contributed by atoms with Crippen LogP contribution in [0.15, 0.2) is 18.2 Å². The third kappa shape index (κ3) is 4.37. The van der Waals surface area contributed by atoms with Gasteiger partial charge < -0.3 is 16.8 Å². The molecule has 0 aliphatic heterocycles. The van der Waals surface area contributed by atoms with Gasteiger partial charge in [0, 0.05) is 40.2 Å². The highest BCUT2D eigenvalue weighted by Gasteiger charge is 2.11. The molecule has 1 amide bonds. The molecular formula is C12H19N3O2S. The van der Waals surface area contributed by atoms with Gasteiger partial charge in [-0.3, -0.25) is 9.00 Å². The number of hydrogen-bond acceptors (Lipinski definition) is 4. The molecule has 0 spiro atoms. The van der Waals surface area contributed by atoms with Crippen LogP contribution in [0.1, 0.15) is 23.7 Å². The van der Waals surface area contributed by atoms with Crippen molar-refractivity contribution in [2.45, 2.75) is 19.4 Å². The van der Waals surface area contributed by atoms with Gasteiger partial charge in [-0.15, -0.1) is 0 Å². The van der Waals surface area contributed by atoms with Crippen molar-refractivity contribution in [3.63, 3.8) is 0 Å². The van der Waals surface area contributed by atoms with Crippen LogP contribution in [-0.4, -0.2) is 28.2 Å². The Labute approximate surface area is 109 Å². The van der Waals surface area contributed by atoms with Crippen LogP contribution in [0.2, 0.25) is 0 Å². The fourth-order valence-corrected chi connectivity index (χ4v) is 2.26. The van der Waals surface area contributed by atoms with Crippen LogP contribution in [0.4, 0.5) is 11.4 Å². The molecular weight excluding hydrogens is 250 g/mol. The number of hydrogen-bond donors (Lipinski definition) is 3. The quantitative estimate of drug-likeness (QED) is 0.669. The number of anilines is 2. The summed E-state index contributed by atoms with van der Waals surface area (Å²) in [7, 11) is -0.814. The second-order valence-electron chi connectivity index (χ2n) is 4.28. The van der Waals surface area contributed by atoms with Gasteiger partial charge in [-0.1, -0.05) is 0 Å². The molecule has 2 atom stereocenters. The molecule has 0 heterocycles. The van der Waals surface area contributed by atoms with Crippen LogP contribution >= 0.6 is 0 Å². The maximum atomic E-state index is 11.3. The molecule has 5 nitrogen and oxygen atoms in total. The number of carbonyl (C=O) groups excluding carboxylic acids is 1. The predicted molar refractivity (Wildman–Crippen MR) is 76.0 cm³/mol. The fraction of sp³-hybridized carbons (Fsp3) is 0.417. The molecule has 2 unspecified atom stereocenters. The Bertz CT molecular complexity index is 463. The summed E-state index contributed by atoms with van der Waals surface area (Å²) in [6.45, 7) is 1.97. The molecule has 18 heavy (non-hydrogen) atoms. The minimum atomic E-state index is -0.814. The molecule has 0 fully saturated rings. The van der Waals surface area contributed by atoms with Gasteiger partial charge in [-0.25, -0.2) is 0 Å². The van der Waals surface area contributed by atoms with Crippen LogP contribution in [0, 0.1) is 0 Å². The molecule has 0 saturated heterocycles. The third-order valence-electron chi connectivity index (χ3n) is 2.55. The first-order valence-electron chi connectivity index (χ1n) is 5.66. The zero-order valence-electron chi connectivity index (χ0n) is 10.6.